The van der Waals surface area contributed by atoms with Gasteiger partial charge in [0.1, 0.15) is 0 Å². The van der Waals surface area contributed by atoms with E-state index < -0.39 is 0 Å². The Hall–Kier alpha value is -8.58. The van der Waals surface area contributed by atoms with Crippen LogP contribution < -0.4 is 0 Å². The highest BCUT2D eigenvalue weighted by molar-refractivity contribution is 6.24. The Bertz CT molecular complexity index is 3870. The van der Waals surface area contributed by atoms with E-state index in [-0.39, 0.29) is 0 Å². The molecule has 12 aromatic rings. The Morgan fingerprint density at radius 1 is 0.222 bits per heavy atom. The van der Waals surface area contributed by atoms with Crippen LogP contribution in [-0.2, 0) is 0 Å². The van der Waals surface area contributed by atoms with Crippen LogP contribution in [0.25, 0.3) is 121 Å². The maximum absolute atomic E-state index is 2.65. The van der Waals surface area contributed by atoms with Gasteiger partial charge in [0.2, 0.25) is 0 Å². The molecular formula is C72H44. The van der Waals surface area contributed by atoms with Crippen molar-refractivity contribution in [2.75, 3.05) is 0 Å². The van der Waals surface area contributed by atoms with Gasteiger partial charge in [-0.2, -0.15) is 0 Å². The highest BCUT2D eigenvalue weighted by Crippen LogP contribution is 2.70. The van der Waals surface area contributed by atoms with Crippen LogP contribution in [0.5, 0.6) is 0 Å². The molecule has 0 heterocycles. The summed E-state index contributed by atoms with van der Waals surface area (Å²) in [5.74, 6) is 1.24. The van der Waals surface area contributed by atoms with Crippen LogP contribution in [0.4, 0.5) is 0 Å². The van der Waals surface area contributed by atoms with Crippen LogP contribution in [0.15, 0.2) is 218 Å². The Balaban J connectivity index is 0.886. The average Bonchev–Trinajstić information content (AvgIpc) is 4.31. The zero-order valence-corrected chi connectivity index (χ0v) is 39.5. The first-order valence-corrected chi connectivity index (χ1v) is 26.1. The highest BCUT2D eigenvalue weighted by atomic mass is 14.5. The molecule has 0 N–H and O–H groups in total. The fraction of sp³-hybridized carbons (Fsp3) is 0.0833. The molecule has 0 saturated carbocycles. The standard InChI is InChI=1S/C72H44/c1-5-17-41(18-6-1)61-65-47-29-13-25-39-26-14-30-48(59(39)47)66(65)62(42-19-7-2-8-20-42)70-56-37-55(69(61)70)51-33-45-35-53-54(36-46(45)34-52(51)56)58-38-57(53)71-63(43-21-9-3-10-22-43)67-49-31-15-27-40-28-16-32-50(60(40)49)68(67)64(72(58)71)44-23-11-4-12-24-44/h1-36,55-58H,37-38H2. The minimum atomic E-state index is 0.311. The van der Waals surface area contributed by atoms with Gasteiger partial charge in [0.15, 0.2) is 0 Å². The van der Waals surface area contributed by atoms with Crippen molar-refractivity contribution in [2.24, 2.45) is 0 Å². The molecule has 0 nitrogen and oxygen atoms in total. The molecule has 4 bridgehead atoms. The van der Waals surface area contributed by atoms with E-state index in [9.17, 15) is 0 Å². The lowest BCUT2D eigenvalue weighted by Crippen LogP contribution is -2.10. The van der Waals surface area contributed by atoms with Gasteiger partial charge in [-0.15, -0.1) is 0 Å². The van der Waals surface area contributed by atoms with Gasteiger partial charge >= 0.3 is 0 Å². The van der Waals surface area contributed by atoms with E-state index in [1.54, 1.807) is 22.3 Å². The number of benzene rings is 12. The molecule has 0 aromatic heterocycles. The lowest BCUT2D eigenvalue weighted by molar-refractivity contribution is 0.796. The van der Waals surface area contributed by atoms with Crippen LogP contribution >= 0.6 is 0 Å². The van der Waals surface area contributed by atoms with Crippen molar-refractivity contribution in [1.82, 2.24) is 0 Å². The smallest absolute Gasteiger partial charge is 0.0111 e. The molecule has 0 radical (unpaired) electrons. The lowest BCUT2D eigenvalue weighted by Gasteiger charge is -2.31. The van der Waals surface area contributed by atoms with Crippen molar-refractivity contribution in [3.63, 3.8) is 0 Å². The Morgan fingerprint density at radius 2 is 0.472 bits per heavy atom. The summed E-state index contributed by atoms with van der Waals surface area (Å²) < 4.78 is 0. The highest BCUT2D eigenvalue weighted by Gasteiger charge is 2.50. The SMILES string of the molecule is c1ccc(-c2c3c(c(-c4ccccc4)c4c2C2CC4c4cc5cc6c(cc5cc42)C2CC6c4c(-c5ccccc5)c5c(c(-c6ccccc6)c42)-c2cccc4cccc-5c24)-c2cccc4cccc-3c24)cc1. The normalized spacial score (nSPS) is 18.2. The second-order valence-electron chi connectivity index (χ2n) is 21.5. The molecule has 332 valence electrons. The summed E-state index contributed by atoms with van der Waals surface area (Å²) in [5.41, 5.74) is 34.6. The first-order valence-electron chi connectivity index (χ1n) is 26.1. The molecule has 4 unspecified atom stereocenters. The number of hydrogen-bond acceptors (Lipinski definition) is 0. The maximum atomic E-state index is 2.65. The molecule has 0 aliphatic heterocycles. The minimum Gasteiger partial charge on any atom is -0.0622 e. The van der Waals surface area contributed by atoms with Gasteiger partial charge in [0, 0.05) is 23.7 Å². The Labute approximate surface area is 418 Å². The molecule has 6 aliphatic rings. The zero-order chi connectivity index (χ0) is 46.5. The van der Waals surface area contributed by atoms with E-state index in [2.05, 4.69) is 218 Å². The topological polar surface area (TPSA) is 0 Å². The maximum Gasteiger partial charge on any atom is 0.0111 e. The van der Waals surface area contributed by atoms with E-state index in [1.165, 1.54) is 144 Å². The van der Waals surface area contributed by atoms with E-state index in [0.29, 0.717) is 23.7 Å². The fourth-order valence-corrected chi connectivity index (χ4v) is 15.9. The third-order valence-electron chi connectivity index (χ3n) is 18.4. The van der Waals surface area contributed by atoms with Gasteiger partial charge in [0.25, 0.3) is 0 Å². The molecule has 0 amide bonds. The summed E-state index contributed by atoms with van der Waals surface area (Å²) in [6, 6.07) is 84.0. The predicted octanol–water partition coefficient (Wildman–Crippen LogP) is 19.1. The molecular weight excluding hydrogens is 865 g/mol. The van der Waals surface area contributed by atoms with Crippen LogP contribution in [0, 0.1) is 0 Å². The largest absolute Gasteiger partial charge is 0.0622 e. The van der Waals surface area contributed by atoms with Crippen molar-refractivity contribution < 1.29 is 0 Å². The summed E-state index contributed by atoms with van der Waals surface area (Å²) in [7, 11) is 0. The van der Waals surface area contributed by atoms with Crippen molar-refractivity contribution in [3.8, 4) is 89.0 Å². The lowest BCUT2D eigenvalue weighted by atomic mass is 9.72. The molecule has 4 atom stereocenters. The Morgan fingerprint density at radius 3 is 0.722 bits per heavy atom. The average molecular weight is 909 g/mol. The molecule has 18 rings (SSSR count). The second-order valence-corrected chi connectivity index (χ2v) is 21.5. The van der Waals surface area contributed by atoms with Gasteiger partial charge in [-0.25, -0.2) is 0 Å². The van der Waals surface area contributed by atoms with Crippen LogP contribution in [-0.4, -0.2) is 0 Å². The van der Waals surface area contributed by atoms with Gasteiger partial charge in [-0.3, -0.25) is 0 Å². The monoisotopic (exact) mass is 908 g/mol. The summed E-state index contributed by atoms with van der Waals surface area (Å²) >= 11 is 0. The van der Waals surface area contributed by atoms with Gasteiger partial charge in [-0.1, -0.05) is 218 Å². The quantitative estimate of drug-likeness (QED) is 0.165. The molecule has 0 heteroatoms. The molecule has 0 spiro atoms. The third-order valence-corrected chi connectivity index (χ3v) is 18.4. The molecule has 0 fully saturated rings. The molecule has 12 aromatic carbocycles. The minimum absolute atomic E-state index is 0.311. The van der Waals surface area contributed by atoms with Crippen molar-refractivity contribution >= 4 is 32.3 Å². The van der Waals surface area contributed by atoms with Gasteiger partial charge in [-0.05, 0) is 179 Å². The summed E-state index contributed by atoms with van der Waals surface area (Å²) in [5, 5.41) is 8.21. The van der Waals surface area contributed by atoms with E-state index in [1.807, 2.05) is 0 Å². The number of rotatable bonds is 4. The van der Waals surface area contributed by atoms with Gasteiger partial charge < -0.3 is 0 Å². The van der Waals surface area contributed by atoms with Crippen LogP contribution in [0.2, 0.25) is 0 Å². The van der Waals surface area contributed by atoms with Gasteiger partial charge in [0.05, 0.1) is 0 Å². The first kappa shape index (κ1) is 38.2. The van der Waals surface area contributed by atoms with Crippen molar-refractivity contribution in [3.05, 3.63) is 263 Å². The van der Waals surface area contributed by atoms with E-state index in [0.717, 1.165) is 12.8 Å². The van der Waals surface area contributed by atoms with E-state index in [4.69, 9.17) is 0 Å². The zero-order valence-electron chi connectivity index (χ0n) is 39.5. The summed E-state index contributed by atoms with van der Waals surface area (Å²) in [6.07, 6.45) is 2.24. The summed E-state index contributed by atoms with van der Waals surface area (Å²) in [6.45, 7) is 0. The van der Waals surface area contributed by atoms with Crippen molar-refractivity contribution in [2.45, 2.75) is 36.5 Å². The van der Waals surface area contributed by atoms with Crippen molar-refractivity contribution in [1.29, 1.82) is 0 Å². The fourth-order valence-electron chi connectivity index (χ4n) is 15.9. The molecule has 72 heavy (non-hydrogen) atoms. The summed E-state index contributed by atoms with van der Waals surface area (Å²) in [4.78, 5) is 0. The number of hydrogen-bond donors (Lipinski definition) is 0. The van der Waals surface area contributed by atoms with E-state index >= 15 is 0 Å². The first-order chi connectivity index (χ1) is 35.8. The molecule has 0 saturated heterocycles. The number of fused-ring (bicyclic) bond motifs is 23. The third kappa shape index (κ3) is 4.66. The predicted molar refractivity (Wildman–Crippen MR) is 299 cm³/mol. The van der Waals surface area contributed by atoms with Crippen LogP contribution in [0.3, 0.4) is 0 Å². The Kier molecular flexibility index (Phi) is 7.23. The second kappa shape index (κ2) is 13.6. The molecule has 6 aliphatic carbocycles. The van der Waals surface area contributed by atoms with Crippen LogP contribution in [0.1, 0.15) is 81.0 Å².